The van der Waals surface area contributed by atoms with Crippen LogP contribution in [-0.4, -0.2) is 96.8 Å². The summed E-state index contributed by atoms with van der Waals surface area (Å²) in [5, 5.41) is 5.40. The zero-order chi connectivity index (χ0) is 20.8. The number of nitrogens with zero attached hydrogens (tertiary/aromatic N) is 5. The van der Waals surface area contributed by atoms with E-state index in [-0.39, 0.29) is 29.8 Å². The van der Waals surface area contributed by atoms with Crippen molar-refractivity contribution in [3.05, 3.63) is 30.0 Å². The Bertz CT molecular complexity index is 940. The monoisotopic (exact) mass is 399 g/mol. The fourth-order valence-electron chi connectivity index (χ4n) is 5.11. The van der Waals surface area contributed by atoms with Gasteiger partial charge in [-0.1, -0.05) is 18.2 Å². The molecule has 2 aromatic rings. The molecule has 0 N–H and O–H groups in total. The molecule has 0 spiro atoms. The fourth-order valence-corrected chi connectivity index (χ4v) is 5.11. The highest BCUT2D eigenvalue weighted by Crippen LogP contribution is 2.43. The van der Waals surface area contributed by atoms with Gasteiger partial charge >= 0.3 is 0 Å². The number of aromatic nitrogens is 2. The Morgan fingerprint density at radius 3 is 2.62 bits per heavy atom. The van der Waals surface area contributed by atoms with Gasteiger partial charge in [-0.15, -0.1) is 0 Å². The number of carbonyl (C=O) groups excluding carboxylic acids is 2. The summed E-state index contributed by atoms with van der Waals surface area (Å²) >= 11 is 0. The van der Waals surface area contributed by atoms with Crippen LogP contribution >= 0.6 is 0 Å². The molecule has 0 radical (unpaired) electrons. The number of benzene rings is 1. The standard InChI is InChI=1S/C21H29N5O3/c1-23(2)12-21-13-25(18(27)11-29-4)9-15(21)10-26(14-21)20(28)19-16-7-5-6-8-17(16)24(3)22-19/h5-8,15H,9-14H2,1-4H3/t15-,21+/m1/s1. The maximum absolute atomic E-state index is 13.4. The molecule has 1 aromatic carbocycles. The number of hydrogen-bond donors (Lipinski definition) is 0. The smallest absolute Gasteiger partial charge is 0.275 e. The number of ether oxygens (including phenoxy) is 1. The summed E-state index contributed by atoms with van der Waals surface area (Å²) in [6.45, 7) is 3.55. The summed E-state index contributed by atoms with van der Waals surface area (Å²) in [5.74, 6) is 0.252. The molecule has 4 rings (SSSR count). The highest BCUT2D eigenvalue weighted by Gasteiger charge is 2.54. The van der Waals surface area contributed by atoms with Crippen molar-refractivity contribution in [3.63, 3.8) is 0 Å². The van der Waals surface area contributed by atoms with Crippen LogP contribution in [0.25, 0.3) is 10.9 Å². The number of hydrogen-bond acceptors (Lipinski definition) is 5. The maximum Gasteiger partial charge on any atom is 0.275 e. The molecular weight excluding hydrogens is 370 g/mol. The quantitative estimate of drug-likeness (QED) is 0.740. The Hall–Kier alpha value is -2.45. The molecule has 2 amide bonds. The van der Waals surface area contributed by atoms with E-state index in [1.54, 1.807) is 11.8 Å². The first kappa shape index (κ1) is 19.8. The lowest BCUT2D eigenvalue weighted by Crippen LogP contribution is -2.44. The number of fused-ring (bicyclic) bond motifs is 2. The highest BCUT2D eigenvalue weighted by molar-refractivity contribution is 6.05. The molecule has 0 bridgehead atoms. The second-order valence-corrected chi connectivity index (χ2v) is 8.68. The van der Waals surface area contributed by atoms with E-state index in [2.05, 4.69) is 10.00 Å². The summed E-state index contributed by atoms with van der Waals surface area (Å²) in [4.78, 5) is 31.8. The molecule has 2 aliphatic rings. The number of carbonyl (C=O) groups is 2. The van der Waals surface area contributed by atoms with Crippen LogP contribution in [-0.2, 0) is 16.6 Å². The topological polar surface area (TPSA) is 70.9 Å². The number of methoxy groups -OCH3 is 1. The first-order chi connectivity index (χ1) is 13.8. The summed E-state index contributed by atoms with van der Waals surface area (Å²) < 4.78 is 6.80. The molecule has 0 unspecified atom stereocenters. The summed E-state index contributed by atoms with van der Waals surface area (Å²) in [5.41, 5.74) is 1.35. The van der Waals surface area contributed by atoms with Crippen molar-refractivity contribution in [2.45, 2.75) is 0 Å². The Kier molecular flexibility index (Phi) is 5.08. The third-order valence-electron chi connectivity index (χ3n) is 6.26. The molecular formula is C21H29N5O3. The van der Waals surface area contributed by atoms with Crippen molar-refractivity contribution in [1.82, 2.24) is 24.5 Å². The van der Waals surface area contributed by atoms with Gasteiger partial charge in [0.15, 0.2) is 5.69 Å². The molecule has 2 atom stereocenters. The number of rotatable bonds is 5. The van der Waals surface area contributed by atoms with Gasteiger partial charge in [-0.25, -0.2) is 0 Å². The van der Waals surface area contributed by atoms with Crippen LogP contribution in [0, 0.1) is 11.3 Å². The first-order valence-electron chi connectivity index (χ1n) is 9.97. The van der Waals surface area contributed by atoms with Crippen molar-refractivity contribution < 1.29 is 14.3 Å². The van der Waals surface area contributed by atoms with Crippen LogP contribution in [0.2, 0.25) is 0 Å². The van der Waals surface area contributed by atoms with Crippen molar-refractivity contribution in [2.75, 3.05) is 60.5 Å². The molecule has 29 heavy (non-hydrogen) atoms. The second-order valence-electron chi connectivity index (χ2n) is 8.68. The zero-order valence-corrected chi connectivity index (χ0v) is 17.6. The molecule has 8 heteroatoms. The van der Waals surface area contributed by atoms with Gasteiger partial charge < -0.3 is 19.4 Å². The molecule has 2 aliphatic heterocycles. The predicted octanol–water partition coefficient (Wildman–Crippen LogP) is 0.682. The summed E-state index contributed by atoms with van der Waals surface area (Å²) in [6.07, 6.45) is 0. The molecule has 8 nitrogen and oxygen atoms in total. The van der Waals surface area contributed by atoms with E-state index in [1.165, 1.54) is 0 Å². The Morgan fingerprint density at radius 2 is 1.90 bits per heavy atom. The SMILES string of the molecule is COCC(=O)N1C[C@@H]2CN(C(=O)c3nn(C)c4ccccc34)C[C@]2(CN(C)C)C1. The third-order valence-corrected chi connectivity index (χ3v) is 6.26. The second kappa shape index (κ2) is 7.42. The van der Waals surface area contributed by atoms with E-state index in [0.717, 1.165) is 17.4 Å². The molecule has 1 aromatic heterocycles. The number of para-hydroxylation sites is 1. The van der Waals surface area contributed by atoms with Crippen LogP contribution < -0.4 is 0 Å². The lowest BCUT2D eigenvalue weighted by Gasteiger charge is -2.32. The van der Waals surface area contributed by atoms with E-state index in [9.17, 15) is 9.59 Å². The minimum atomic E-state index is -0.118. The minimum absolute atomic E-state index is 0.0219. The maximum atomic E-state index is 13.4. The van der Waals surface area contributed by atoms with Crippen molar-refractivity contribution in [3.8, 4) is 0 Å². The van der Waals surface area contributed by atoms with Gasteiger partial charge in [-0.05, 0) is 20.2 Å². The zero-order valence-electron chi connectivity index (χ0n) is 17.6. The Morgan fingerprint density at radius 1 is 1.21 bits per heavy atom. The Balaban J connectivity index is 1.59. The molecule has 2 fully saturated rings. The molecule has 0 saturated carbocycles. The first-order valence-corrected chi connectivity index (χ1v) is 9.97. The highest BCUT2D eigenvalue weighted by atomic mass is 16.5. The largest absolute Gasteiger partial charge is 0.375 e. The predicted molar refractivity (Wildman–Crippen MR) is 110 cm³/mol. The van der Waals surface area contributed by atoms with Gasteiger partial charge in [0.25, 0.3) is 5.91 Å². The molecule has 3 heterocycles. The normalized spacial score (nSPS) is 24.0. The van der Waals surface area contributed by atoms with Gasteiger partial charge in [0.2, 0.25) is 5.91 Å². The van der Waals surface area contributed by atoms with Gasteiger partial charge in [-0.3, -0.25) is 14.3 Å². The van der Waals surface area contributed by atoms with Gasteiger partial charge in [0, 0.05) is 63.6 Å². The van der Waals surface area contributed by atoms with Crippen LogP contribution in [0.1, 0.15) is 10.5 Å². The summed E-state index contributed by atoms with van der Waals surface area (Å²) in [6, 6.07) is 7.82. The average molecular weight is 399 g/mol. The number of aryl methyl sites for hydroxylation is 1. The van der Waals surface area contributed by atoms with E-state index in [4.69, 9.17) is 4.74 Å². The fraction of sp³-hybridized carbons (Fsp3) is 0.571. The van der Waals surface area contributed by atoms with E-state index in [0.29, 0.717) is 31.9 Å². The van der Waals surface area contributed by atoms with E-state index in [1.807, 2.05) is 55.2 Å². The molecule has 0 aliphatic carbocycles. The molecule has 156 valence electrons. The molecule has 2 saturated heterocycles. The van der Waals surface area contributed by atoms with Crippen LogP contribution in [0.15, 0.2) is 24.3 Å². The van der Waals surface area contributed by atoms with E-state index >= 15 is 0 Å². The average Bonchev–Trinajstić information content (AvgIpc) is 3.29. The van der Waals surface area contributed by atoms with Crippen LogP contribution in [0.5, 0.6) is 0 Å². The lowest BCUT2D eigenvalue weighted by atomic mass is 9.80. The van der Waals surface area contributed by atoms with Crippen molar-refractivity contribution in [2.24, 2.45) is 18.4 Å². The Labute approximate surface area is 171 Å². The minimum Gasteiger partial charge on any atom is -0.375 e. The van der Waals surface area contributed by atoms with Crippen molar-refractivity contribution in [1.29, 1.82) is 0 Å². The van der Waals surface area contributed by atoms with Gasteiger partial charge in [-0.2, -0.15) is 5.10 Å². The van der Waals surface area contributed by atoms with Crippen LogP contribution in [0.4, 0.5) is 0 Å². The number of likely N-dealkylation sites (tertiary alicyclic amines) is 2. The van der Waals surface area contributed by atoms with E-state index < -0.39 is 0 Å². The van der Waals surface area contributed by atoms with Gasteiger partial charge in [0.1, 0.15) is 6.61 Å². The van der Waals surface area contributed by atoms with Crippen molar-refractivity contribution >= 4 is 22.7 Å². The summed E-state index contributed by atoms with van der Waals surface area (Å²) in [7, 11) is 7.50. The lowest BCUT2D eigenvalue weighted by molar-refractivity contribution is -0.134. The number of amides is 2. The van der Waals surface area contributed by atoms with Crippen LogP contribution in [0.3, 0.4) is 0 Å². The third kappa shape index (κ3) is 3.40. The van der Waals surface area contributed by atoms with Gasteiger partial charge in [0.05, 0.1) is 5.52 Å².